The lowest BCUT2D eigenvalue weighted by molar-refractivity contribution is -0.141. The second-order valence-electron chi connectivity index (χ2n) is 8.67. The van der Waals surface area contributed by atoms with Gasteiger partial charge in [-0.1, -0.05) is 61.5 Å². The first-order chi connectivity index (χ1) is 16.4. The minimum atomic E-state index is -0.824. The Hall–Kier alpha value is -3.99. The lowest BCUT2D eigenvalue weighted by atomic mass is 9.94. The van der Waals surface area contributed by atoms with E-state index in [1.165, 1.54) is 0 Å². The molecule has 0 aliphatic rings. The summed E-state index contributed by atoms with van der Waals surface area (Å²) >= 11 is 0. The van der Waals surface area contributed by atoms with Gasteiger partial charge in [-0.2, -0.15) is 0 Å². The zero-order valence-electron chi connectivity index (χ0n) is 19.6. The number of rotatable bonds is 9. The van der Waals surface area contributed by atoms with E-state index >= 15 is 0 Å². The second-order valence-corrected chi connectivity index (χ2v) is 8.67. The van der Waals surface area contributed by atoms with Crippen LogP contribution in [0.15, 0.2) is 84.9 Å². The van der Waals surface area contributed by atoms with Crippen molar-refractivity contribution >= 4 is 28.1 Å². The molecule has 0 radical (unpaired) electrons. The fraction of sp³-hybridized carbons (Fsp3) is 0.207. The smallest absolute Gasteiger partial charge is 0.306 e. The Balaban J connectivity index is 1.65. The van der Waals surface area contributed by atoms with Gasteiger partial charge in [0, 0.05) is 18.3 Å². The van der Waals surface area contributed by atoms with Crippen LogP contribution in [-0.2, 0) is 11.2 Å². The number of nitrogens with zero attached hydrogens (tertiary/aromatic N) is 1. The number of anilines is 2. The molecule has 0 heterocycles. The fourth-order valence-corrected chi connectivity index (χ4v) is 4.10. The molecular weight excluding hydrogens is 424 g/mol. The molecule has 4 aromatic carbocycles. The molecule has 1 atom stereocenters. The summed E-state index contributed by atoms with van der Waals surface area (Å²) < 4.78 is 6.25. The Kier molecular flexibility index (Phi) is 7.02. The summed E-state index contributed by atoms with van der Waals surface area (Å²) in [6, 6.07) is 28.5. The van der Waals surface area contributed by atoms with Crippen molar-refractivity contribution in [3.63, 3.8) is 0 Å². The SMILES string of the molecule is CC(Cc1cc(N)c(OCCN(C)c2ccccc2)c(-c2ccc3ccccc3c2)c1)C(=O)O. The number of fused-ring (bicyclic) bond motifs is 1. The van der Waals surface area contributed by atoms with E-state index in [2.05, 4.69) is 47.4 Å². The van der Waals surface area contributed by atoms with Crippen molar-refractivity contribution < 1.29 is 14.6 Å². The molecule has 0 aromatic heterocycles. The molecule has 0 aliphatic carbocycles. The van der Waals surface area contributed by atoms with Crippen molar-refractivity contribution in [2.75, 3.05) is 30.8 Å². The predicted octanol–water partition coefficient (Wildman–Crippen LogP) is 5.87. The van der Waals surface area contributed by atoms with E-state index in [0.717, 1.165) is 33.2 Å². The highest BCUT2D eigenvalue weighted by Crippen LogP contribution is 2.38. The van der Waals surface area contributed by atoms with Crippen LogP contribution in [0, 0.1) is 5.92 Å². The highest BCUT2D eigenvalue weighted by atomic mass is 16.5. The van der Waals surface area contributed by atoms with Crippen LogP contribution in [-0.4, -0.2) is 31.3 Å². The number of hydrogen-bond donors (Lipinski definition) is 2. The Morgan fingerprint density at radius 1 is 0.971 bits per heavy atom. The molecule has 0 aliphatic heterocycles. The number of ether oxygens (including phenoxy) is 1. The summed E-state index contributed by atoms with van der Waals surface area (Å²) in [4.78, 5) is 13.6. The van der Waals surface area contributed by atoms with Crippen molar-refractivity contribution in [2.24, 2.45) is 5.92 Å². The molecule has 0 saturated carbocycles. The minimum absolute atomic E-state index is 0.400. The van der Waals surface area contributed by atoms with Gasteiger partial charge in [-0.05, 0) is 58.7 Å². The van der Waals surface area contributed by atoms with E-state index in [0.29, 0.717) is 31.0 Å². The highest BCUT2D eigenvalue weighted by Gasteiger charge is 2.17. The van der Waals surface area contributed by atoms with Crippen molar-refractivity contribution in [1.82, 2.24) is 0 Å². The molecule has 4 rings (SSSR count). The lowest BCUT2D eigenvalue weighted by Crippen LogP contribution is -2.24. The van der Waals surface area contributed by atoms with E-state index in [9.17, 15) is 9.90 Å². The van der Waals surface area contributed by atoms with Crippen molar-refractivity contribution in [1.29, 1.82) is 0 Å². The molecule has 3 N–H and O–H groups in total. The molecule has 0 amide bonds. The van der Waals surface area contributed by atoms with Crippen LogP contribution in [0.5, 0.6) is 5.75 Å². The van der Waals surface area contributed by atoms with Crippen LogP contribution in [0.25, 0.3) is 21.9 Å². The summed E-state index contributed by atoms with van der Waals surface area (Å²) in [7, 11) is 2.03. The summed E-state index contributed by atoms with van der Waals surface area (Å²) in [5, 5.41) is 11.7. The van der Waals surface area contributed by atoms with E-state index < -0.39 is 11.9 Å². The zero-order chi connectivity index (χ0) is 24.1. The Morgan fingerprint density at radius 3 is 2.41 bits per heavy atom. The average molecular weight is 455 g/mol. The average Bonchev–Trinajstić information content (AvgIpc) is 2.85. The van der Waals surface area contributed by atoms with Crippen LogP contribution >= 0.6 is 0 Å². The van der Waals surface area contributed by atoms with Gasteiger partial charge in [0.05, 0.1) is 18.2 Å². The van der Waals surface area contributed by atoms with Gasteiger partial charge in [-0.25, -0.2) is 0 Å². The summed E-state index contributed by atoms with van der Waals surface area (Å²) in [6.45, 7) is 2.86. The Labute approximate surface area is 200 Å². The predicted molar refractivity (Wildman–Crippen MR) is 140 cm³/mol. The molecule has 174 valence electrons. The van der Waals surface area contributed by atoms with Crippen LogP contribution in [0.2, 0.25) is 0 Å². The highest BCUT2D eigenvalue weighted by molar-refractivity contribution is 5.89. The summed E-state index contributed by atoms with van der Waals surface area (Å²) in [6.07, 6.45) is 0.400. The van der Waals surface area contributed by atoms with Crippen LogP contribution < -0.4 is 15.4 Å². The lowest BCUT2D eigenvalue weighted by Gasteiger charge is -2.21. The second kappa shape index (κ2) is 10.3. The van der Waals surface area contributed by atoms with Gasteiger partial charge in [0.1, 0.15) is 12.4 Å². The molecule has 0 bridgehead atoms. The summed E-state index contributed by atoms with van der Waals surface area (Å²) in [5.74, 6) is -0.700. The van der Waals surface area contributed by atoms with Gasteiger partial charge in [0.15, 0.2) is 0 Å². The molecule has 0 spiro atoms. The number of carboxylic acids is 1. The number of hydrogen-bond acceptors (Lipinski definition) is 4. The standard InChI is InChI=1S/C29H30N2O3/c1-20(29(32)33)16-21-17-26(24-13-12-22-8-6-7-9-23(22)19-24)28(27(30)18-21)34-15-14-31(2)25-10-4-3-5-11-25/h3-13,17-20H,14-16,30H2,1-2H3,(H,32,33). The zero-order valence-corrected chi connectivity index (χ0v) is 19.6. The normalized spacial score (nSPS) is 11.8. The molecular formula is C29H30N2O3. The summed E-state index contributed by atoms with van der Waals surface area (Å²) in [5.41, 5.74) is 10.8. The number of nitrogen functional groups attached to an aromatic ring is 1. The van der Waals surface area contributed by atoms with Crippen LogP contribution in [0.4, 0.5) is 11.4 Å². The number of aliphatic carboxylic acids is 1. The van der Waals surface area contributed by atoms with E-state index in [4.69, 9.17) is 10.5 Å². The number of benzene rings is 4. The molecule has 5 nitrogen and oxygen atoms in total. The molecule has 0 saturated heterocycles. The first kappa shape index (κ1) is 23.2. The maximum absolute atomic E-state index is 11.4. The van der Waals surface area contributed by atoms with E-state index in [1.54, 1.807) is 6.92 Å². The molecule has 1 unspecified atom stereocenters. The van der Waals surface area contributed by atoms with E-state index in [1.807, 2.05) is 49.5 Å². The molecule has 0 fully saturated rings. The Bertz CT molecular complexity index is 1290. The fourth-order valence-electron chi connectivity index (χ4n) is 4.10. The number of carboxylic acid groups (broad SMARTS) is 1. The molecule has 5 heteroatoms. The minimum Gasteiger partial charge on any atom is -0.489 e. The third-order valence-electron chi connectivity index (χ3n) is 6.07. The Morgan fingerprint density at radius 2 is 1.68 bits per heavy atom. The monoisotopic (exact) mass is 454 g/mol. The topological polar surface area (TPSA) is 75.8 Å². The number of likely N-dealkylation sites (N-methyl/N-ethyl adjacent to an activating group) is 1. The van der Waals surface area contributed by atoms with Crippen molar-refractivity contribution in [3.05, 3.63) is 90.5 Å². The quantitative estimate of drug-likeness (QED) is 0.310. The third kappa shape index (κ3) is 5.31. The van der Waals surface area contributed by atoms with Gasteiger partial charge in [-0.3, -0.25) is 4.79 Å². The maximum atomic E-state index is 11.4. The van der Waals surface area contributed by atoms with Gasteiger partial charge in [0.2, 0.25) is 0 Å². The van der Waals surface area contributed by atoms with Crippen molar-refractivity contribution in [2.45, 2.75) is 13.3 Å². The number of carbonyl (C=O) groups is 1. The molecule has 4 aromatic rings. The van der Waals surface area contributed by atoms with Crippen LogP contribution in [0.3, 0.4) is 0 Å². The maximum Gasteiger partial charge on any atom is 0.306 e. The third-order valence-corrected chi connectivity index (χ3v) is 6.07. The van der Waals surface area contributed by atoms with E-state index in [-0.39, 0.29) is 0 Å². The van der Waals surface area contributed by atoms with Gasteiger partial charge >= 0.3 is 5.97 Å². The van der Waals surface area contributed by atoms with Gasteiger partial charge in [-0.15, -0.1) is 0 Å². The molecule has 34 heavy (non-hydrogen) atoms. The largest absolute Gasteiger partial charge is 0.489 e. The first-order valence-electron chi connectivity index (χ1n) is 11.5. The van der Waals surface area contributed by atoms with Gasteiger partial charge in [0.25, 0.3) is 0 Å². The van der Waals surface area contributed by atoms with Gasteiger partial charge < -0.3 is 20.5 Å². The van der Waals surface area contributed by atoms with Crippen LogP contribution in [0.1, 0.15) is 12.5 Å². The first-order valence-corrected chi connectivity index (χ1v) is 11.5. The number of para-hydroxylation sites is 1. The number of nitrogens with two attached hydrogens (primary N) is 1. The van der Waals surface area contributed by atoms with Crippen molar-refractivity contribution in [3.8, 4) is 16.9 Å².